The Bertz CT molecular complexity index is 1160. The van der Waals surface area contributed by atoms with Crippen LogP contribution in [0.25, 0.3) is 11.0 Å². The molecule has 0 aliphatic carbocycles. The van der Waals surface area contributed by atoms with Crippen LogP contribution in [-0.2, 0) is 16.1 Å². The van der Waals surface area contributed by atoms with Crippen molar-refractivity contribution in [1.82, 2.24) is 24.3 Å². The summed E-state index contributed by atoms with van der Waals surface area (Å²) >= 11 is 0. The fraction of sp³-hybridized carbons (Fsp3) is 0.630. The number of hydrogen-bond donors (Lipinski definition) is 1. The highest BCUT2D eigenvalue weighted by atomic mass is 19.1. The van der Waals surface area contributed by atoms with E-state index in [1.807, 2.05) is 18.4 Å². The SMILES string of the molecule is COCCCCn1c(C(=O)N(CC(C)C)[C@H]2C[C@@H](C(=O)N3CCC3)CN(C(=O)O)C2)nc2cc(F)ccc21. The summed E-state index contributed by atoms with van der Waals surface area (Å²) < 4.78 is 21.0. The number of fused-ring (bicyclic) bond motifs is 1. The number of imidazole rings is 1. The number of carboxylic acid groups (broad SMARTS) is 1. The lowest BCUT2D eigenvalue weighted by atomic mass is 9.90. The molecule has 11 heteroatoms. The van der Waals surface area contributed by atoms with E-state index in [9.17, 15) is 23.9 Å². The number of carbonyl (C=O) groups excluding carboxylic acids is 2. The summed E-state index contributed by atoms with van der Waals surface area (Å²) in [6, 6.07) is 3.82. The lowest BCUT2D eigenvalue weighted by Gasteiger charge is -2.44. The second-order valence-electron chi connectivity index (χ2n) is 10.7. The summed E-state index contributed by atoms with van der Waals surface area (Å²) in [6.07, 6.45) is 1.76. The number of ether oxygens (including phenoxy) is 1. The van der Waals surface area contributed by atoms with Gasteiger partial charge < -0.3 is 29.1 Å². The van der Waals surface area contributed by atoms with E-state index >= 15 is 0 Å². The van der Waals surface area contributed by atoms with E-state index in [4.69, 9.17) is 4.74 Å². The third-order valence-corrected chi connectivity index (χ3v) is 7.36. The number of halogens is 1. The molecule has 0 saturated carbocycles. The van der Waals surface area contributed by atoms with Crippen LogP contribution < -0.4 is 0 Å². The molecule has 0 unspecified atom stereocenters. The zero-order valence-electron chi connectivity index (χ0n) is 22.4. The Balaban J connectivity index is 1.67. The average Bonchev–Trinajstić information content (AvgIpc) is 3.20. The standard InChI is InChI=1S/C27H38FN5O5/c1-18(2)15-33(21-13-19(16-31(17-21)27(36)37)25(34)30-9-6-10-30)26(35)24-29-22-14-20(28)7-8-23(22)32(24)11-4-5-12-38-3/h7-8,14,18-19,21H,4-6,9-13,15-17H2,1-3H3,(H,36,37)/t19-,21+/m1/s1. The second kappa shape index (κ2) is 12.1. The van der Waals surface area contributed by atoms with Gasteiger partial charge >= 0.3 is 6.09 Å². The molecule has 2 aliphatic heterocycles. The van der Waals surface area contributed by atoms with Crippen LogP contribution >= 0.6 is 0 Å². The molecule has 0 radical (unpaired) electrons. The quantitative estimate of drug-likeness (QED) is 0.472. The highest BCUT2D eigenvalue weighted by Gasteiger charge is 2.41. The van der Waals surface area contributed by atoms with Crippen molar-refractivity contribution >= 4 is 28.9 Å². The van der Waals surface area contributed by atoms with Crippen molar-refractivity contribution in [2.45, 2.75) is 52.1 Å². The van der Waals surface area contributed by atoms with E-state index in [2.05, 4.69) is 4.98 Å². The minimum Gasteiger partial charge on any atom is -0.465 e. The van der Waals surface area contributed by atoms with Gasteiger partial charge in [0.25, 0.3) is 5.91 Å². The van der Waals surface area contributed by atoms with Crippen molar-refractivity contribution in [2.24, 2.45) is 11.8 Å². The van der Waals surface area contributed by atoms with Crippen LogP contribution in [0.15, 0.2) is 18.2 Å². The molecule has 2 fully saturated rings. The van der Waals surface area contributed by atoms with E-state index in [1.165, 1.54) is 17.0 Å². The minimum atomic E-state index is -1.10. The third-order valence-electron chi connectivity index (χ3n) is 7.36. The van der Waals surface area contributed by atoms with Crippen molar-refractivity contribution in [1.29, 1.82) is 0 Å². The molecule has 0 spiro atoms. The van der Waals surface area contributed by atoms with Crippen molar-refractivity contribution in [3.05, 3.63) is 29.8 Å². The minimum absolute atomic E-state index is 0.0509. The number of unbranched alkanes of at least 4 members (excludes halogenated alkanes) is 1. The summed E-state index contributed by atoms with van der Waals surface area (Å²) in [7, 11) is 1.64. The monoisotopic (exact) mass is 531 g/mol. The number of rotatable bonds is 10. The predicted octanol–water partition coefficient (Wildman–Crippen LogP) is 3.30. The first kappa shape index (κ1) is 27.8. The van der Waals surface area contributed by atoms with E-state index in [0.29, 0.717) is 50.2 Å². The van der Waals surface area contributed by atoms with Crippen LogP contribution in [0.1, 0.15) is 50.1 Å². The third kappa shape index (κ3) is 6.09. The normalized spacial score (nSPS) is 19.6. The van der Waals surface area contributed by atoms with Gasteiger partial charge in [0.05, 0.1) is 23.0 Å². The maximum Gasteiger partial charge on any atom is 0.407 e. The zero-order valence-corrected chi connectivity index (χ0v) is 22.4. The highest BCUT2D eigenvalue weighted by molar-refractivity contribution is 5.95. The number of amides is 3. The van der Waals surface area contributed by atoms with Crippen LogP contribution in [0, 0.1) is 17.7 Å². The predicted molar refractivity (Wildman–Crippen MR) is 139 cm³/mol. The smallest absolute Gasteiger partial charge is 0.407 e. The topological polar surface area (TPSA) is 108 Å². The first-order valence-corrected chi connectivity index (χ1v) is 13.4. The largest absolute Gasteiger partial charge is 0.465 e. The molecular formula is C27H38FN5O5. The molecular weight excluding hydrogens is 493 g/mol. The van der Waals surface area contributed by atoms with Gasteiger partial charge in [-0.05, 0) is 43.7 Å². The molecule has 1 aromatic carbocycles. The van der Waals surface area contributed by atoms with Gasteiger partial charge in [-0.25, -0.2) is 14.2 Å². The average molecular weight is 532 g/mol. The maximum atomic E-state index is 14.2. The number of carbonyl (C=O) groups is 3. The number of likely N-dealkylation sites (tertiary alicyclic amines) is 2. The molecule has 0 bridgehead atoms. The molecule has 1 aromatic heterocycles. The Morgan fingerprint density at radius 1 is 1.18 bits per heavy atom. The Morgan fingerprint density at radius 3 is 2.58 bits per heavy atom. The van der Waals surface area contributed by atoms with Gasteiger partial charge in [-0.3, -0.25) is 9.59 Å². The summed E-state index contributed by atoms with van der Waals surface area (Å²) in [5.41, 5.74) is 1.06. The molecule has 2 saturated heterocycles. The summed E-state index contributed by atoms with van der Waals surface area (Å²) in [5, 5.41) is 9.83. The number of piperidine rings is 1. The van der Waals surface area contributed by atoms with Gasteiger partial charge in [-0.1, -0.05) is 13.8 Å². The molecule has 1 N–H and O–H groups in total. The molecule has 2 aromatic rings. The number of aryl methyl sites for hydroxylation is 1. The fourth-order valence-corrected chi connectivity index (χ4v) is 5.36. The molecule has 3 amide bonds. The Labute approximate surface area is 222 Å². The van der Waals surface area contributed by atoms with Crippen LogP contribution in [-0.4, -0.2) is 99.7 Å². The molecule has 4 rings (SSSR count). The Morgan fingerprint density at radius 2 is 1.95 bits per heavy atom. The van der Waals surface area contributed by atoms with Gasteiger partial charge in [0.2, 0.25) is 5.91 Å². The maximum absolute atomic E-state index is 14.2. The van der Waals surface area contributed by atoms with Gasteiger partial charge in [-0.15, -0.1) is 0 Å². The van der Waals surface area contributed by atoms with Crippen LogP contribution in [0.3, 0.4) is 0 Å². The second-order valence-corrected chi connectivity index (χ2v) is 10.7. The fourth-order valence-electron chi connectivity index (χ4n) is 5.36. The van der Waals surface area contributed by atoms with E-state index in [1.54, 1.807) is 23.0 Å². The number of benzene rings is 1. The van der Waals surface area contributed by atoms with E-state index in [0.717, 1.165) is 19.3 Å². The zero-order chi connectivity index (χ0) is 27.4. The van der Waals surface area contributed by atoms with Crippen LogP contribution in [0.5, 0.6) is 0 Å². The Kier molecular flexibility index (Phi) is 8.86. The lowest BCUT2D eigenvalue weighted by molar-refractivity contribution is -0.141. The number of hydrogen-bond acceptors (Lipinski definition) is 5. The number of nitrogens with zero attached hydrogens (tertiary/aromatic N) is 5. The first-order valence-electron chi connectivity index (χ1n) is 13.4. The van der Waals surface area contributed by atoms with Crippen molar-refractivity contribution < 1.29 is 28.6 Å². The summed E-state index contributed by atoms with van der Waals surface area (Å²) in [5.74, 6) is -1.03. The molecule has 2 aliphatic rings. The number of aromatic nitrogens is 2. The molecule has 208 valence electrons. The van der Waals surface area contributed by atoms with Gasteiger partial charge in [-0.2, -0.15) is 0 Å². The molecule has 38 heavy (non-hydrogen) atoms. The van der Waals surface area contributed by atoms with Crippen molar-refractivity contribution in [2.75, 3.05) is 46.4 Å². The molecule has 3 heterocycles. The highest BCUT2D eigenvalue weighted by Crippen LogP contribution is 2.28. The van der Waals surface area contributed by atoms with Gasteiger partial charge in [0.1, 0.15) is 5.82 Å². The Hall–Kier alpha value is -3.21. The van der Waals surface area contributed by atoms with Crippen LogP contribution in [0.4, 0.5) is 9.18 Å². The van der Waals surface area contributed by atoms with E-state index in [-0.39, 0.29) is 36.6 Å². The molecule has 10 nitrogen and oxygen atoms in total. The summed E-state index contributed by atoms with van der Waals surface area (Å²) in [6.45, 7) is 7.07. The lowest BCUT2D eigenvalue weighted by Crippen LogP contribution is -2.58. The van der Waals surface area contributed by atoms with E-state index < -0.39 is 23.9 Å². The first-order chi connectivity index (χ1) is 18.2. The van der Waals surface area contributed by atoms with Crippen molar-refractivity contribution in [3.8, 4) is 0 Å². The van der Waals surface area contributed by atoms with Crippen molar-refractivity contribution in [3.63, 3.8) is 0 Å². The van der Waals surface area contributed by atoms with Crippen LogP contribution in [0.2, 0.25) is 0 Å². The van der Waals surface area contributed by atoms with Gasteiger partial charge in [0, 0.05) is 59.1 Å². The summed E-state index contributed by atoms with van der Waals surface area (Å²) in [4.78, 5) is 48.5. The van der Waals surface area contributed by atoms with Gasteiger partial charge in [0.15, 0.2) is 5.82 Å². The number of methoxy groups -OCH3 is 1. The molecule has 2 atom stereocenters.